The molecule has 106 valence electrons. The summed E-state index contributed by atoms with van der Waals surface area (Å²) < 4.78 is 27.3. The zero-order valence-corrected chi connectivity index (χ0v) is 12.8. The highest BCUT2D eigenvalue weighted by molar-refractivity contribution is 9.10. The summed E-state index contributed by atoms with van der Waals surface area (Å²) in [5.74, 6) is -0.641. The number of hydrogen-bond acceptors (Lipinski definition) is 2. The predicted octanol–water partition coefficient (Wildman–Crippen LogP) is 3.87. The van der Waals surface area contributed by atoms with E-state index in [4.69, 9.17) is 0 Å². The minimum absolute atomic E-state index is 0.152. The van der Waals surface area contributed by atoms with E-state index in [0.717, 1.165) is 25.6 Å². The van der Waals surface area contributed by atoms with Crippen LogP contribution in [0.25, 0.3) is 0 Å². The van der Waals surface area contributed by atoms with E-state index in [1.807, 2.05) is 0 Å². The molecule has 0 aromatic heterocycles. The fraction of sp³-hybridized carbons (Fsp3) is 0.571. The molecule has 2 unspecified atom stereocenters. The van der Waals surface area contributed by atoms with E-state index in [9.17, 15) is 8.78 Å². The molecule has 1 N–H and O–H groups in total. The van der Waals surface area contributed by atoms with Gasteiger partial charge in [-0.3, -0.25) is 0 Å². The van der Waals surface area contributed by atoms with Crippen LogP contribution >= 0.6 is 15.9 Å². The second-order valence-corrected chi connectivity index (χ2v) is 6.20. The summed E-state index contributed by atoms with van der Waals surface area (Å²) in [6.45, 7) is 4.19. The first-order valence-electron chi connectivity index (χ1n) is 6.57. The molecule has 1 fully saturated rings. The summed E-state index contributed by atoms with van der Waals surface area (Å²) in [4.78, 5) is 2.29. The van der Waals surface area contributed by atoms with Gasteiger partial charge >= 0.3 is 0 Å². The molecule has 2 rings (SSSR count). The lowest BCUT2D eigenvalue weighted by Gasteiger charge is -2.34. The Morgan fingerprint density at radius 3 is 2.79 bits per heavy atom. The van der Waals surface area contributed by atoms with E-state index in [-0.39, 0.29) is 6.04 Å². The zero-order chi connectivity index (χ0) is 14.0. The normalized spacial score (nSPS) is 22.3. The van der Waals surface area contributed by atoms with Crippen molar-refractivity contribution in [2.45, 2.75) is 25.8 Å². The highest BCUT2D eigenvalue weighted by Crippen LogP contribution is 2.29. The number of piperidine rings is 1. The molecule has 0 spiro atoms. The van der Waals surface area contributed by atoms with Crippen molar-refractivity contribution >= 4 is 21.6 Å². The summed E-state index contributed by atoms with van der Waals surface area (Å²) in [6, 6.07) is 2.34. The van der Waals surface area contributed by atoms with Gasteiger partial charge in [0, 0.05) is 23.1 Å². The quantitative estimate of drug-likeness (QED) is 0.903. The van der Waals surface area contributed by atoms with Gasteiger partial charge in [0.1, 0.15) is 11.6 Å². The first-order valence-corrected chi connectivity index (χ1v) is 7.36. The molecule has 2 atom stereocenters. The third-order valence-electron chi connectivity index (χ3n) is 3.75. The Balaban J connectivity index is 2.08. The minimum atomic E-state index is -0.569. The Bertz CT molecular complexity index is 430. The van der Waals surface area contributed by atoms with Gasteiger partial charge in [0.2, 0.25) is 0 Å². The van der Waals surface area contributed by atoms with Gasteiger partial charge in [-0.15, -0.1) is 0 Å². The highest BCUT2D eigenvalue weighted by atomic mass is 79.9. The number of hydrogen-bond donors (Lipinski definition) is 1. The van der Waals surface area contributed by atoms with Gasteiger partial charge in [0.15, 0.2) is 0 Å². The van der Waals surface area contributed by atoms with Gasteiger partial charge in [-0.2, -0.15) is 0 Å². The lowest BCUT2D eigenvalue weighted by molar-refractivity contribution is 0.197. The van der Waals surface area contributed by atoms with Crippen molar-refractivity contribution in [1.29, 1.82) is 0 Å². The SMILES string of the molecule is CC(Nc1c(F)cc(F)cc1Br)C1CCCN(C)C1. The van der Waals surface area contributed by atoms with Crippen molar-refractivity contribution in [3.05, 3.63) is 28.2 Å². The molecule has 5 heteroatoms. The number of nitrogens with zero attached hydrogens (tertiary/aromatic N) is 1. The Morgan fingerprint density at radius 2 is 2.16 bits per heavy atom. The van der Waals surface area contributed by atoms with Crippen molar-refractivity contribution in [3.8, 4) is 0 Å². The number of nitrogens with one attached hydrogen (secondary N) is 1. The smallest absolute Gasteiger partial charge is 0.150 e. The van der Waals surface area contributed by atoms with Gasteiger partial charge in [-0.25, -0.2) is 8.78 Å². The molecule has 1 aromatic rings. The van der Waals surface area contributed by atoms with Crippen molar-refractivity contribution in [2.24, 2.45) is 5.92 Å². The van der Waals surface area contributed by atoms with Crippen LogP contribution in [0.5, 0.6) is 0 Å². The van der Waals surface area contributed by atoms with Gasteiger partial charge in [-0.05, 0) is 61.3 Å². The molecule has 19 heavy (non-hydrogen) atoms. The molecule has 1 saturated heterocycles. The lowest BCUT2D eigenvalue weighted by atomic mass is 9.91. The fourth-order valence-corrected chi connectivity index (χ4v) is 3.16. The van der Waals surface area contributed by atoms with Crippen molar-refractivity contribution in [3.63, 3.8) is 0 Å². The molecular weight excluding hydrogens is 314 g/mol. The predicted molar refractivity (Wildman–Crippen MR) is 77.4 cm³/mol. The Labute approximate surface area is 121 Å². The molecule has 0 amide bonds. The standard InChI is InChI=1S/C14H19BrF2N2/c1-9(10-4-3-5-19(2)8-10)18-14-12(15)6-11(16)7-13(14)17/h6-7,9-10,18H,3-5,8H2,1-2H3. The molecule has 0 bridgehead atoms. The number of rotatable bonds is 3. The zero-order valence-electron chi connectivity index (χ0n) is 11.2. The largest absolute Gasteiger partial charge is 0.379 e. The average molecular weight is 333 g/mol. The molecule has 2 nitrogen and oxygen atoms in total. The molecule has 0 saturated carbocycles. The van der Waals surface area contributed by atoms with Crippen LogP contribution in [-0.4, -0.2) is 31.1 Å². The van der Waals surface area contributed by atoms with Crippen LogP contribution in [0.4, 0.5) is 14.5 Å². The Morgan fingerprint density at radius 1 is 1.42 bits per heavy atom. The van der Waals surface area contributed by atoms with Gasteiger partial charge in [-0.1, -0.05) is 0 Å². The van der Waals surface area contributed by atoms with Crippen LogP contribution in [0.15, 0.2) is 16.6 Å². The molecular formula is C14H19BrF2N2. The molecule has 1 aliphatic heterocycles. The Hall–Kier alpha value is -0.680. The van der Waals surface area contributed by atoms with E-state index in [0.29, 0.717) is 16.1 Å². The monoisotopic (exact) mass is 332 g/mol. The summed E-state index contributed by atoms with van der Waals surface area (Å²) >= 11 is 3.21. The van der Waals surface area contributed by atoms with Crippen molar-refractivity contribution < 1.29 is 8.78 Å². The van der Waals surface area contributed by atoms with Gasteiger partial charge < -0.3 is 10.2 Å². The molecule has 0 aliphatic carbocycles. The maximum absolute atomic E-state index is 13.8. The summed E-state index contributed by atoms with van der Waals surface area (Å²) in [6.07, 6.45) is 2.30. The number of likely N-dealkylation sites (tertiary alicyclic amines) is 1. The average Bonchev–Trinajstić information content (AvgIpc) is 2.33. The molecule has 1 aliphatic rings. The second kappa shape index (κ2) is 6.18. The second-order valence-electron chi connectivity index (χ2n) is 5.34. The summed E-state index contributed by atoms with van der Waals surface area (Å²) in [7, 11) is 2.10. The van der Waals surface area contributed by atoms with E-state index in [2.05, 4.69) is 40.1 Å². The maximum atomic E-state index is 13.8. The third kappa shape index (κ3) is 3.66. The molecule has 1 heterocycles. The molecule has 1 aromatic carbocycles. The van der Waals surface area contributed by atoms with E-state index >= 15 is 0 Å². The van der Waals surface area contributed by atoms with Crippen LogP contribution in [0.2, 0.25) is 0 Å². The third-order valence-corrected chi connectivity index (χ3v) is 4.37. The van der Waals surface area contributed by atoms with Crippen molar-refractivity contribution in [2.75, 3.05) is 25.5 Å². The van der Waals surface area contributed by atoms with Gasteiger partial charge in [0.05, 0.1) is 5.69 Å². The van der Waals surface area contributed by atoms with Crippen LogP contribution in [0, 0.1) is 17.6 Å². The van der Waals surface area contributed by atoms with E-state index in [1.165, 1.54) is 12.5 Å². The van der Waals surface area contributed by atoms with E-state index in [1.54, 1.807) is 0 Å². The van der Waals surface area contributed by atoms with E-state index < -0.39 is 11.6 Å². The van der Waals surface area contributed by atoms with Crippen LogP contribution in [-0.2, 0) is 0 Å². The van der Waals surface area contributed by atoms with Crippen LogP contribution in [0.1, 0.15) is 19.8 Å². The summed E-state index contributed by atoms with van der Waals surface area (Å²) in [5.41, 5.74) is 0.349. The summed E-state index contributed by atoms with van der Waals surface area (Å²) in [5, 5.41) is 3.18. The number of halogens is 3. The number of benzene rings is 1. The van der Waals surface area contributed by atoms with Gasteiger partial charge in [0.25, 0.3) is 0 Å². The highest BCUT2D eigenvalue weighted by Gasteiger charge is 2.24. The first kappa shape index (κ1) is 14.7. The molecule has 0 radical (unpaired) electrons. The fourth-order valence-electron chi connectivity index (χ4n) is 2.64. The van der Waals surface area contributed by atoms with Crippen LogP contribution in [0.3, 0.4) is 0 Å². The first-order chi connectivity index (χ1) is 8.97. The maximum Gasteiger partial charge on any atom is 0.150 e. The Kier molecular flexibility index (Phi) is 4.79. The minimum Gasteiger partial charge on any atom is -0.379 e. The number of anilines is 1. The van der Waals surface area contributed by atoms with Crippen molar-refractivity contribution in [1.82, 2.24) is 4.90 Å². The topological polar surface area (TPSA) is 15.3 Å². The lowest BCUT2D eigenvalue weighted by Crippen LogP contribution is -2.40. The van der Waals surface area contributed by atoms with Crippen LogP contribution < -0.4 is 5.32 Å².